The number of hydrogen-bond acceptors (Lipinski definition) is 15. The predicted octanol–water partition coefficient (Wildman–Crippen LogP) is 4.77. The smallest absolute Gasteiger partial charge is 0.479 e. The average Bonchev–Trinajstić information content (AvgIpc) is 3.16. The second kappa shape index (κ2) is 26.6. The molecule has 1 saturated heterocycles. The Kier molecular flexibility index (Phi) is 23.2. The van der Waals surface area contributed by atoms with E-state index in [1.807, 2.05) is 41.5 Å². The fourth-order valence-corrected chi connectivity index (χ4v) is 6.17. The zero-order chi connectivity index (χ0) is 46.4. The lowest BCUT2D eigenvalue weighted by atomic mass is 9.99. The Morgan fingerprint density at radius 1 is 0.871 bits per heavy atom. The normalized spacial score (nSPS) is 17.3. The van der Waals surface area contributed by atoms with E-state index in [-0.39, 0.29) is 29.7 Å². The quantitative estimate of drug-likeness (QED) is 0.0245. The van der Waals surface area contributed by atoms with Gasteiger partial charge in [0.25, 0.3) is 5.91 Å². The maximum atomic E-state index is 13.8. The van der Waals surface area contributed by atoms with Crippen molar-refractivity contribution >= 4 is 31.2 Å². The Balaban J connectivity index is 2.03. The number of aliphatic hydroxyl groups excluding tert-OH is 1. The van der Waals surface area contributed by atoms with Crippen molar-refractivity contribution in [3.05, 3.63) is 29.3 Å². The first-order chi connectivity index (χ1) is 29.1. The molecule has 1 heterocycles. The molecule has 4 N–H and O–H groups in total. The molecule has 1 aliphatic heterocycles. The van der Waals surface area contributed by atoms with E-state index in [4.69, 9.17) is 33.3 Å². The van der Waals surface area contributed by atoms with Crippen molar-refractivity contribution in [2.24, 2.45) is 5.16 Å². The van der Waals surface area contributed by atoms with Crippen molar-refractivity contribution < 1.29 is 71.8 Å². The molecule has 0 saturated carbocycles. The van der Waals surface area contributed by atoms with Crippen LogP contribution in [0.25, 0.3) is 0 Å². The van der Waals surface area contributed by atoms with Crippen molar-refractivity contribution in [3.63, 3.8) is 0 Å². The van der Waals surface area contributed by atoms with E-state index >= 15 is 0 Å². The molecule has 1 fully saturated rings. The van der Waals surface area contributed by atoms with Crippen molar-refractivity contribution in [2.75, 3.05) is 65.9 Å². The maximum Gasteiger partial charge on any atom is 0.495 e. The molecule has 3 unspecified atom stereocenters. The molecule has 1 aromatic carbocycles. The maximum absolute atomic E-state index is 13.8. The monoisotopic (exact) mass is 886 g/mol. The zero-order valence-corrected chi connectivity index (χ0v) is 37.8. The number of ether oxygens (including phenoxy) is 7. The Bertz CT molecular complexity index is 1550. The third-order valence-corrected chi connectivity index (χ3v) is 10.2. The fraction of sp³-hybridized carbons (Fsp3) is 0.744. The van der Waals surface area contributed by atoms with Crippen LogP contribution < -0.4 is 15.4 Å². The lowest BCUT2D eigenvalue weighted by Gasteiger charge is -2.34. The number of carboxylic acid groups (broad SMARTS) is 1. The second-order valence-corrected chi connectivity index (χ2v) is 17.7. The number of hydrogen-bond donors (Lipinski definition) is 4. The Morgan fingerprint density at radius 3 is 2.05 bits per heavy atom. The lowest BCUT2D eigenvalue weighted by molar-refractivity contribution is -0.195. The summed E-state index contributed by atoms with van der Waals surface area (Å²) in [5.74, 6) is -1.81. The molecule has 0 radical (unpaired) electrons. The van der Waals surface area contributed by atoms with Gasteiger partial charge in [-0.3, -0.25) is 9.59 Å². The number of amides is 2. The number of nitrogens with one attached hydrogen (secondary N) is 2. The molecular formula is C43H71FN4O14. The van der Waals surface area contributed by atoms with Crippen LogP contribution in [0.5, 0.6) is 5.75 Å². The highest BCUT2D eigenvalue weighted by atomic mass is 19.1. The van der Waals surface area contributed by atoms with Gasteiger partial charge in [0.1, 0.15) is 19.0 Å². The van der Waals surface area contributed by atoms with E-state index in [1.54, 1.807) is 0 Å². The first-order valence-electron chi connectivity index (χ1n) is 21.0. The van der Waals surface area contributed by atoms with Gasteiger partial charge in [-0.05, 0) is 98.8 Å². The van der Waals surface area contributed by atoms with Gasteiger partial charge in [-0.15, -0.1) is 9.55 Å². The first kappa shape index (κ1) is 54.2. The van der Waals surface area contributed by atoms with Crippen LogP contribution in [0.15, 0.2) is 23.4 Å². The van der Waals surface area contributed by atoms with Crippen molar-refractivity contribution in [2.45, 2.75) is 141 Å². The van der Waals surface area contributed by atoms with E-state index in [2.05, 4.69) is 46.0 Å². The highest BCUT2D eigenvalue weighted by molar-refractivity contribution is 5.97. The average molecular weight is 887 g/mol. The van der Waals surface area contributed by atoms with Crippen LogP contribution in [0.3, 0.4) is 0 Å². The number of rotatable bonds is 33. The summed E-state index contributed by atoms with van der Waals surface area (Å²) in [6.45, 7) is 23.5. The van der Waals surface area contributed by atoms with Gasteiger partial charge in [0.2, 0.25) is 12.7 Å². The number of carbonyl (C=O) groups is 4. The molecular weight excluding hydrogens is 815 g/mol. The lowest BCUT2D eigenvalue weighted by Crippen LogP contribution is -2.45. The molecule has 0 spiro atoms. The molecule has 1 aliphatic rings. The molecule has 2 amide bonds. The van der Waals surface area contributed by atoms with Crippen LogP contribution in [0.2, 0.25) is 0 Å². The van der Waals surface area contributed by atoms with Gasteiger partial charge in [0.05, 0.1) is 49.3 Å². The van der Waals surface area contributed by atoms with E-state index < -0.39 is 59.9 Å². The third kappa shape index (κ3) is 22.9. The van der Waals surface area contributed by atoms with Crippen LogP contribution in [0.4, 0.5) is 9.18 Å². The van der Waals surface area contributed by atoms with E-state index in [0.717, 1.165) is 13.0 Å². The summed E-state index contributed by atoms with van der Waals surface area (Å²) in [6.07, 6.45) is -2.40. The van der Waals surface area contributed by atoms with Gasteiger partial charge in [0, 0.05) is 63.5 Å². The number of aliphatic hydroxyl groups is 1. The summed E-state index contributed by atoms with van der Waals surface area (Å²) in [5.41, 5.74) is -1.83. The van der Waals surface area contributed by atoms with Gasteiger partial charge in [-0.2, -0.15) is 0 Å². The Morgan fingerprint density at radius 2 is 1.47 bits per heavy atom. The fourth-order valence-electron chi connectivity index (χ4n) is 6.17. The Labute approximate surface area is 365 Å². The number of carbonyl (C=O) groups excluding carboxylic acids is 3. The molecule has 18 nitrogen and oxygen atoms in total. The van der Waals surface area contributed by atoms with Crippen LogP contribution in [0, 0.1) is 0 Å². The summed E-state index contributed by atoms with van der Waals surface area (Å²) in [7, 11) is 0. The summed E-state index contributed by atoms with van der Waals surface area (Å²) in [5, 5.41) is 28.8. The highest BCUT2D eigenvalue weighted by Gasteiger charge is 2.35. The summed E-state index contributed by atoms with van der Waals surface area (Å²) in [6, 6.07) is 4.25. The SMILES string of the molecule is C=NOCCOCCOCCN(CCC(C)(C)OCCC(C)(C)NC=O)CCC(C)(C)OCCC(C)(C)NC(=O)c1cc(COC(=O)F)ccc1OC1CC(O)CC(C(=O)O)O1. The molecule has 0 aliphatic carbocycles. The number of carboxylic acids is 1. The highest BCUT2D eigenvalue weighted by Crippen LogP contribution is 2.28. The predicted molar refractivity (Wildman–Crippen MR) is 227 cm³/mol. The topological polar surface area (TPSA) is 222 Å². The van der Waals surface area contributed by atoms with Crippen LogP contribution >= 0.6 is 0 Å². The van der Waals surface area contributed by atoms with E-state index in [1.165, 1.54) is 18.2 Å². The number of aliphatic carboxylic acids is 1. The number of oxime groups is 1. The molecule has 0 aromatic heterocycles. The summed E-state index contributed by atoms with van der Waals surface area (Å²) < 4.78 is 52.7. The molecule has 19 heteroatoms. The molecule has 0 bridgehead atoms. The molecule has 354 valence electrons. The molecule has 1 aromatic rings. The number of halogens is 1. The van der Waals surface area contributed by atoms with E-state index in [9.17, 15) is 33.8 Å². The van der Waals surface area contributed by atoms with Crippen molar-refractivity contribution in [1.82, 2.24) is 15.5 Å². The Hall–Kier alpha value is -3.98. The van der Waals surface area contributed by atoms with Gasteiger partial charge in [-0.1, -0.05) is 6.07 Å². The third-order valence-electron chi connectivity index (χ3n) is 10.2. The van der Waals surface area contributed by atoms with E-state index in [0.29, 0.717) is 90.6 Å². The minimum absolute atomic E-state index is 0.00172. The van der Waals surface area contributed by atoms with Crippen LogP contribution in [0.1, 0.15) is 110 Å². The summed E-state index contributed by atoms with van der Waals surface area (Å²) in [4.78, 5) is 54.3. The summed E-state index contributed by atoms with van der Waals surface area (Å²) >= 11 is 0. The van der Waals surface area contributed by atoms with Gasteiger partial charge >= 0.3 is 12.2 Å². The standard InChI is InChI=1S/C43H71FN4O14/c1-40(2,46-30-49)14-19-58-42(5,6)12-16-48(18-21-55-22-23-56-24-25-60-45-9)17-13-43(7,8)59-20-15-41(3,4)47-37(51)33-26-31(29-57-39(44)54)10-11-34(33)61-36-28-32(50)27-35(62-36)38(52)53/h10-11,26,30,32,35-36,50H,9,12-25,27-29H2,1-8H3,(H,46,49)(H,47,51)(H,52,53). The second-order valence-electron chi connectivity index (χ2n) is 17.7. The van der Waals surface area contributed by atoms with Gasteiger partial charge in [0.15, 0.2) is 6.10 Å². The molecule has 62 heavy (non-hydrogen) atoms. The van der Waals surface area contributed by atoms with Gasteiger partial charge < -0.3 is 63.7 Å². The van der Waals surface area contributed by atoms with Crippen molar-refractivity contribution in [3.8, 4) is 5.75 Å². The largest absolute Gasteiger partial charge is 0.495 e. The van der Waals surface area contributed by atoms with Crippen LogP contribution in [-0.2, 0) is 49.5 Å². The van der Waals surface area contributed by atoms with Gasteiger partial charge in [-0.25, -0.2) is 9.59 Å². The molecule has 2 rings (SSSR count). The minimum Gasteiger partial charge on any atom is -0.479 e. The first-order valence-corrected chi connectivity index (χ1v) is 21.0. The minimum atomic E-state index is -1.98. The van der Waals surface area contributed by atoms with Crippen LogP contribution in [-0.4, -0.2) is 153 Å². The number of benzene rings is 1. The van der Waals surface area contributed by atoms with Crippen molar-refractivity contribution in [1.29, 1.82) is 0 Å². The molecule has 3 atom stereocenters. The zero-order valence-electron chi connectivity index (χ0n) is 37.8. The number of nitrogens with zero attached hydrogens (tertiary/aromatic N) is 2.